The first-order valence-electron chi connectivity index (χ1n) is 5.56. The number of carboxylic acid groups (broad SMARTS) is 1. The van der Waals surface area contributed by atoms with Crippen molar-refractivity contribution in [2.24, 2.45) is 7.05 Å². The molecular formula is C13H14N2O4. The number of methoxy groups -OCH3 is 2. The molecule has 0 saturated heterocycles. The number of carbonyl (C=O) groups is 1. The first-order chi connectivity index (χ1) is 9.06. The minimum absolute atomic E-state index is 0.00675. The molecule has 1 N–H and O–H groups in total. The highest BCUT2D eigenvalue weighted by atomic mass is 16.5. The van der Waals surface area contributed by atoms with Crippen LogP contribution in [0.15, 0.2) is 24.3 Å². The number of rotatable bonds is 4. The van der Waals surface area contributed by atoms with Crippen molar-refractivity contribution in [2.45, 2.75) is 0 Å². The second-order valence-corrected chi connectivity index (χ2v) is 3.91. The van der Waals surface area contributed by atoms with E-state index in [1.165, 1.54) is 10.7 Å². The Bertz CT molecular complexity index is 619. The van der Waals surface area contributed by atoms with E-state index in [1.54, 1.807) is 33.4 Å². The maximum atomic E-state index is 10.9. The normalized spacial score (nSPS) is 10.3. The Labute approximate surface area is 110 Å². The number of nitrogens with zero attached hydrogens (tertiary/aromatic N) is 2. The van der Waals surface area contributed by atoms with Gasteiger partial charge in [-0.05, 0) is 24.3 Å². The van der Waals surface area contributed by atoms with Gasteiger partial charge in [0, 0.05) is 12.6 Å². The number of hydrogen-bond donors (Lipinski definition) is 1. The summed E-state index contributed by atoms with van der Waals surface area (Å²) < 4.78 is 11.9. The molecule has 1 aromatic carbocycles. The van der Waals surface area contributed by atoms with Crippen LogP contribution in [0.2, 0.25) is 0 Å². The Morgan fingerprint density at radius 2 is 1.89 bits per heavy atom. The summed E-state index contributed by atoms with van der Waals surface area (Å²) >= 11 is 0. The van der Waals surface area contributed by atoms with Gasteiger partial charge in [-0.15, -0.1) is 0 Å². The van der Waals surface area contributed by atoms with Gasteiger partial charge in [0.05, 0.1) is 19.9 Å². The second kappa shape index (κ2) is 5.01. The first-order valence-corrected chi connectivity index (χ1v) is 5.56. The van der Waals surface area contributed by atoms with Crippen LogP contribution in [0.4, 0.5) is 0 Å². The third-order valence-electron chi connectivity index (χ3n) is 2.78. The van der Waals surface area contributed by atoms with E-state index in [1.807, 2.05) is 6.07 Å². The van der Waals surface area contributed by atoms with Crippen LogP contribution in [0.5, 0.6) is 11.5 Å². The van der Waals surface area contributed by atoms with E-state index in [-0.39, 0.29) is 5.69 Å². The zero-order chi connectivity index (χ0) is 14.0. The van der Waals surface area contributed by atoms with E-state index in [9.17, 15) is 4.79 Å². The molecule has 0 aliphatic carbocycles. The maximum absolute atomic E-state index is 10.9. The SMILES string of the molecule is COc1ccc(-c2cc(C(=O)O)nn2C)cc1OC. The smallest absolute Gasteiger partial charge is 0.356 e. The minimum Gasteiger partial charge on any atom is -0.493 e. The molecular weight excluding hydrogens is 248 g/mol. The molecule has 0 aliphatic heterocycles. The van der Waals surface area contributed by atoms with Gasteiger partial charge >= 0.3 is 5.97 Å². The lowest BCUT2D eigenvalue weighted by Gasteiger charge is -2.09. The third-order valence-corrected chi connectivity index (χ3v) is 2.78. The predicted octanol–water partition coefficient (Wildman–Crippen LogP) is 1.80. The van der Waals surface area contributed by atoms with Gasteiger partial charge in [-0.3, -0.25) is 4.68 Å². The Balaban J connectivity index is 2.50. The number of aromatic nitrogens is 2. The molecule has 1 aromatic heterocycles. The summed E-state index contributed by atoms with van der Waals surface area (Å²) in [6, 6.07) is 6.89. The van der Waals surface area contributed by atoms with Gasteiger partial charge in [0.15, 0.2) is 17.2 Å². The summed E-state index contributed by atoms with van der Waals surface area (Å²) in [6.07, 6.45) is 0. The molecule has 6 nitrogen and oxygen atoms in total. The topological polar surface area (TPSA) is 73.6 Å². The van der Waals surface area contributed by atoms with Crippen molar-refractivity contribution in [3.05, 3.63) is 30.0 Å². The number of benzene rings is 1. The molecule has 2 rings (SSSR count). The lowest BCUT2D eigenvalue weighted by molar-refractivity contribution is 0.0689. The van der Waals surface area contributed by atoms with Gasteiger partial charge in [0.2, 0.25) is 0 Å². The van der Waals surface area contributed by atoms with Crippen LogP contribution >= 0.6 is 0 Å². The van der Waals surface area contributed by atoms with Crippen LogP contribution in [-0.4, -0.2) is 35.1 Å². The van der Waals surface area contributed by atoms with Crippen LogP contribution in [0.1, 0.15) is 10.5 Å². The average Bonchev–Trinajstić information content (AvgIpc) is 2.80. The Morgan fingerprint density at radius 3 is 2.42 bits per heavy atom. The third kappa shape index (κ3) is 2.37. The van der Waals surface area contributed by atoms with Crippen molar-refractivity contribution in [1.82, 2.24) is 9.78 Å². The van der Waals surface area contributed by atoms with Gasteiger partial charge in [0.1, 0.15) is 0 Å². The largest absolute Gasteiger partial charge is 0.493 e. The van der Waals surface area contributed by atoms with E-state index < -0.39 is 5.97 Å². The van der Waals surface area contributed by atoms with Gasteiger partial charge in [-0.25, -0.2) is 4.79 Å². The van der Waals surface area contributed by atoms with Crippen molar-refractivity contribution in [1.29, 1.82) is 0 Å². The van der Waals surface area contributed by atoms with Crippen molar-refractivity contribution in [3.8, 4) is 22.8 Å². The van der Waals surface area contributed by atoms with Crippen LogP contribution in [0, 0.1) is 0 Å². The monoisotopic (exact) mass is 262 g/mol. The van der Waals surface area contributed by atoms with E-state index in [2.05, 4.69) is 5.10 Å². The Hall–Kier alpha value is -2.50. The molecule has 0 unspecified atom stereocenters. The molecule has 0 aliphatic rings. The van der Waals surface area contributed by atoms with Crippen molar-refractivity contribution < 1.29 is 19.4 Å². The van der Waals surface area contributed by atoms with Crippen molar-refractivity contribution in [2.75, 3.05) is 14.2 Å². The molecule has 0 bridgehead atoms. The van der Waals surface area contributed by atoms with E-state index in [4.69, 9.17) is 14.6 Å². The number of ether oxygens (including phenoxy) is 2. The average molecular weight is 262 g/mol. The molecule has 6 heteroatoms. The van der Waals surface area contributed by atoms with Gasteiger partial charge in [-0.1, -0.05) is 0 Å². The Morgan fingerprint density at radius 1 is 1.21 bits per heavy atom. The van der Waals surface area contributed by atoms with Gasteiger partial charge in [-0.2, -0.15) is 5.10 Å². The van der Waals surface area contributed by atoms with Crippen LogP contribution < -0.4 is 9.47 Å². The fourth-order valence-corrected chi connectivity index (χ4v) is 1.84. The minimum atomic E-state index is -1.05. The lowest BCUT2D eigenvalue weighted by Crippen LogP contribution is -1.99. The van der Waals surface area contributed by atoms with Crippen molar-refractivity contribution in [3.63, 3.8) is 0 Å². The molecule has 0 spiro atoms. The predicted molar refractivity (Wildman–Crippen MR) is 68.7 cm³/mol. The molecule has 2 aromatic rings. The summed E-state index contributed by atoms with van der Waals surface area (Å²) in [4.78, 5) is 10.9. The van der Waals surface area contributed by atoms with E-state index in [0.717, 1.165) is 5.56 Å². The van der Waals surface area contributed by atoms with E-state index in [0.29, 0.717) is 17.2 Å². The number of aryl methyl sites for hydroxylation is 1. The Kier molecular flexibility index (Phi) is 3.41. The number of hydrogen-bond acceptors (Lipinski definition) is 4. The molecule has 0 saturated carbocycles. The summed E-state index contributed by atoms with van der Waals surface area (Å²) in [5.41, 5.74) is 1.51. The van der Waals surface area contributed by atoms with Crippen molar-refractivity contribution >= 4 is 5.97 Å². The quantitative estimate of drug-likeness (QED) is 0.909. The highest BCUT2D eigenvalue weighted by molar-refractivity contribution is 5.87. The number of carboxylic acids is 1. The molecule has 1 heterocycles. The summed E-state index contributed by atoms with van der Waals surface area (Å²) in [5, 5.41) is 12.9. The molecule has 19 heavy (non-hydrogen) atoms. The standard InChI is InChI=1S/C13H14N2O4/c1-15-10(7-9(14-15)13(16)17)8-4-5-11(18-2)12(6-8)19-3/h4-7H,1-3H3,(H,16,17). The highest BCUT2D eigenvalue weighted by Crippen LogP contribution is 2.32. The first kappa shape index (κ1) is 12.9. The summed E-state index contributed by atoms with van der Waals surface area (Å²) in [6.45, 7) is 0. The fraction of sp³-hybridized carbons (Fsp3) is 0.231. The van der Waals surface area contributed by atoms with Crippen LogP contribution in [0.25, 0.3) is 11.3 Å². The van der Waals surface area contributed by atoms with Crippen LogP contribution in [-0.2, 0) is 7.05 Å². The van der Waals surface area contributed by atoms with E-state index >= 15 is 0 Å². The lowest BCUT2D eigenvalue weighted by atomic mass is 10.1. The second-order valence-electron chi connectivity index (χ2n) is 3.91. The summed E-state index contributed by atoms with van der Waals surface area (Å²) in [5.74, 6) is 0.146. The molecule has 0 atom stereocenters. The zero-order valence-electron chi connectivity index (χ0n) is 10.9. The van der Waals surface area contributed by atoms with Crippen LogP contribution in [0.3, 0.4) is 0 Å². The molecule has 0 radical (unpaired) electrons. The maximum Gasteiger partial charge on any atom is 0.356 e. The van der Waals surface area contributed by atoms with Gasteiger partial charge < -0.3 is 14.6 Å². The van der Waals surface area contributed by atoms with Gasteiger partial charge in [0.25, 0.3) is 0 Å². The molecule has 0 fully saturated rings. The molecule has 100 valence electrons. The molecule has 0 amide bonds. The number of aromatic carboxylic acids is 1. The fourth-order valence-electron chi connectivity index (χ4n) is 1.84. The summed E-state index contributed by atoms with van der Waals surface area (Å²) in [7, 11) is 4.80. The highest BCUT2D eigenvalue weighted by Gasteiger charge is 2.14. The zero-order valence-corrected chi connectivity index (χ0v) is 10.9.